The summed E-state index contributed by atoms with van der Waals surface area (Å²) in [6.07, 6.45) is 6.13. The molecule has 0 aromatic carbocycles. The van der Waals surface area contributed by atoms with Gasteiger partial charge in [-0.25, -0.2) is 4.98 Å². The van der Waals surface area contributed by atoms with E-state index in [0.717, 1.165) is 24.0 Å². The molecule has 25 heavy (non-hydrogen) atoms. The summed E-state index contributed by atoms with van der Waals surface area (Å²) >= 11 is 6.04. The molecule has 0 spiro atoms. The summed E-state index contributed by atoms with van der Waals surface area (Å²) < 4.78 is 0. The van der Waals surface area contributed by atoms with Crippen LogP contribution in [0.5, 0.6) is 0 Å². The van der Waals surface area contributed by atoms with Gasteiger partial charge < -0.3 is 10.6 Å². The zero-order valence-corrected chi connectivity index (χ0v) is 14.9. The Labute approximate surface area is 151 Å². The summed E-state index contributed by atoms with van der Waals surface area (Å²) in [5, 5.41) is 1.48. The summed E-state index contributed by atoms with van der Waals surface area (Å²) in [4.78, 5) is 15.8. The van der Waals surface area contributed by atoms with Crippen molar-refractivity contribution in [3.63, 3.8) is 0 Å². The van der Waals surface area contributed by atoms with Gasteiger partial charge in [0.15, 0.2) is 0 Å². The number of pyridine rings is 3. The van der Waals surface area contributed by atoms with Crippen LogP contribution < -0.4 is 10.6 Å². The number of anilines is 2. The maximum absolute atomic E-state index is 6.08. The SMILES string of the molecule is CC1CCCN(c2ccnc3cnc(-c4nc(Cl)ccc4N)cc23)C1. The summed E-state index contributed by atoms with van der Waals surface area (Å²) in [6, 6.07) is 7.54. The second-order valence-electron chi connectivity index (χ2n) is 6.68. The fourth-order valence-electron chi connectivity index (χ4n) is 3.50. The zero-order valence-electron chi connectivity index (χ0n) is 14.1. The maximum Gasteiger partial charge on any atom is 0.130 e. The monoisotopic (exact) mass is 353 g/mol. The first-order valence-electron chi connectivity index (χ1n) is 8.54. The Morgan fingerprint density at radius 3 is 2.96 bits per heavy atom. The molecule has 0 amide bonds. The summed E-state index contributed by atoms with van der Waals surface area (Å²) in [7, 11) is 0. The van der Waals surface area contributed by atoms with Crippen molar-refractivity contribution >= 4 is 33.9 Å². The highest BCUT2D eigenvalue weighted by atomic mass is 35.5. The Balaban J connectivity index is 1.84. The Bertz CT molecular complexity index is 927. The number of halogens is 1. The van der Waals surface area contributed by atoms with Gasteiger partial charge in [0.25, 0.3) is 0 Å². The largest absolute Gasteiger partial charge is 0.397 e. The normalized spacial score (nSPS) is 17.8. The third-order valence-corrected chi connectivity index (χ3v) is 4.95. The number of fused-ring (bicyclic) bond motifs is 1. The van der Waals surface area contributed by atoms with Crippen LogP contribution in [-0.4, -0.2) is 28.0 Å². The van der Waals surface area contributed by atoms with Gasteiger partial charge >= 0.3 is 0 Å². The van der Waals surface area contributed by atoms with Crippen molar-refractivity contribution in [3.8, 4) is 11.4 Å². The van der Waals surface area contributed by atoms with Crippen LogP contribution >= 0.6 is 11.6 Å². The van der Waals surface area contributed by atoms with Gasteiger partial charge in [-0.3, -0.25) is 9.97 Å². The fourth-order valence-corrected chi connectivity index (χ4v) is 3.65. The zero-order chi connectivity index (χ0) is 17.4. The highest BCUT2D eigenvalue weighted by molar-refractivity contribution is 6.29. The molecule has 0 saturated carbocycles. The molecule has 0 radical (unpaired) electrons. The highest BCUT2D eigenvalue weighted by Gasteiger charge is 2.19. The van der Waals surface area contributed by atoms with E-state index in [0.29, 0.717) is 28.1 Å². The van der Waals surface area contributed by atoms with Crippen LogP contribution in [0, 0.1) is 5.92 Å². The Morgan fingerprint density at radius 2 is 2.12 bits per heavy atom. The lowest BCUT2D eigenvalue weighted by atomic mass is 9.99. The van der Waals surface area contributed by atoms with Crippen LogP contribution in [0.25, 0.3) is 22.3 Å². The van der Waals surface area contributed by atoms with Gasteiger partial charge in [-0.05, 0) is 43.0 Å². The van der Waals surface area contributed by atoms with Crippen molar-refractivity contribution < 1.29 is 0 Å². The van der Waals surface area contributed by atoms with E-state index in [-0.39, 0.29) is 0 Å². The Morgan fingerprint density at radius 1 is 1.24 bits per heavy atom. The maximum atomic E-state index is 6.08. The molecule has 0 aliphatic carbocycles. The molecule has 1 atom stereocenters. The molecule has 2 N–H and O–H groups in total. The van der Waals surface area contributed by atoms with Crippen LogP contribution in [0.2, 0.25) is 5.15 Å². The first kappa shape index (κ1) is 16.1. The number of piperidine rings is 1. The minimum Gasteiger partial charge on any atom is -0.397 e. The highest BCUT2D eigenvalue weighted by Crippen LogP contribution is 2.32. The van der Waals surface area contributed by atoms with E-state index in [4.69, 9.17) is 17.3 Å². The molecule has 6 heteroatoms. The molecule has 3 aromatic rings. The van der Waals surface area contributed by atoms with Crippen molar-refractivity contribution in [2.75, 3.05) is 23.7 Å². The van der Waals surface area contributed by atoms with Crippen molar-refractivity contribution in [1.82, 2.24) is 15.0 Å². The smallest absolute Gasteiger partial charge is 0.130 e. The standard InChI is InChI=1S/C19H20ClN5/c1-12-3-2-8-25(11-12)17-6-7-22-16-10-23-15(9-13(16)17)19-14(21)4-5-18(20)24-19/h4-7,9-10,12H,2-3,8,11,21H2,1H3. The van der Waals surface area contributed by atoms with E-state index in [1.54, 1.807) is 18.3 Å². The van der Waals surface area contributed by atoms with Gasteiger partial charge in [0.2, 0.25) is 0 Å². The Hall–Kier alpha value is -2.40. The van der Waals surface area contributed by atoms with Gasteiger partial charge in [0, 0.05) is 30.4 Å². The average Bonchev–Trinajstić information content (AvgIpc) is 2.63. The first-order valence-corrected chi connectivity index (χ1v) is 8.92. The lowest BCUT2D eigenvalue weighted by Crippen LogP contribution is -2.34. The molecule has 1 unspecified atom stereocenters. The molecule has 128 valence electrons. The molecular weight excluding hydrogens is 334 g/mol. The molecule has 1 saturated heterocycles. The van der Waals surface area contributed by atoms with Gasteiger partial charge in [-0.1, -0.05) is 18.5 Å². The molecule has 3 aromatic heterocycles. The minimum absolute atomic E-state index is 0.405. The quantitative estimate of drug-likeness (QED) is 0.700. The molecule has 0 bridgehead atoms. The van der Waals surface area contributed by atoms with E-state index < -0.39 is 0 Å². The predicted molar refractivity (Wildman–Crippen MR) is 103 cm³/mol. The van der Waals surface area contributed by atoms with Gasteiger partial charge in [-0.15, -0.1) is 0 Å². The molecule has 4 heterocycles. The topological polar surface area (TPSA) is 67.9 Å². The second kappa shape index (κ2) is 6.48. The third-order valence-electron chi connectivity index (χ3n) is 4.74. The summed E-state index contributed by atoms with van der Waals surface area (Å²) in [5.74, 6) is 0.698. The van der Waals surface area contributed by atoms with Crippen LogP contribution in [-0.2, 0) is 0 Å². The van der Waals surface area contributed by atoms with E-state index >= 15 is 0 Å². The van der Waals surface area contributed by atoms with E-state index in [1.807, 2.05) is 12.3 Å². The molecular formula is C19H20ClN5. The molecule has 1 aliphatic rings. The lowest BCUT2D eigenvalue weighted by Gasteiger charge is -2.33. The number of hydrogen-bond acceptors (Lipinski definition) is 5. The summed E-state index contributed by atoms with van der Waals surface area (Å²) in [5.41, 5.74) is 10.0. The van der Waals surface area contributed by atoms with E-state index in [2.05, 4.69) is 32.8 Å². The number of nitrogens with zero attached hydrogens (tertiary/aromatic N) is 4. The van der Waals surface area contributed by atoms with Gasteiger partial charge in [0.1, 0.15) is 10.8 Å². The van der Waals surface area contributed by atoms with Gasteiger partial charge in [0.05, 0.1) is 23.1 Å². The van der Waals surface area contributed by atoms with Crippen LogP contribution in [0.3, 0.4) is 0 Å². The second-order valence-corrected chi connectivity index (χ2v) is 7.07. The third kappa shape index (κ3) is 3.12. The van der Waals surface area contributed by atoms with E-state index in [9.17, 15) is 0 Å². The number of hydrogen-bond donors (Lipinski definition) is 1. The number of nitrogens with two attached hydrogens (primary N) is 1. The molecule has 1 aliphatic heterocycles. The average molecular weight is 354 g/mol. The predicted octanol–water partition coefficient (Wildman–Crippen LogP) is 4.16. The van der Waals surface area contributed by atoms with E-state index in [1.165, 1.54) is 18.5 Å². The van der Waals surface area contributed by atoms with Crippen LogP contribution in [0.4, 0.5) is 11.4 Å². The summed E-state index contributed by atoms with van der Waals surface area (Å²) in [6.45, 7) is 4.44. The number of rotatable bonds is 2. The molecule has 1 fully saturated rings. The number of nitrogen functional groups attached to an aromatic ring is 1. The van der Waals surface area contributed by atoms with Crippen molar-refractivity contribution in [2.45, 2.75) is 19.8 Å². The minimum atomic E-state index is 0.405. The van der Waals surface area contributed by atoms with Gasteiger partial charge in [-0.2, -0.15) is 0 Å². The Kier molecular flexibility index (Phi) is 4.17. The van der Waals surface area contributed by atoms with Crippen LogP contribution in [0.15, 0.2) is 36.7 Å². The van der Waals surface area contributed by atoms with Crippen molar-refractivity contribution in [1.29, 1.82) is 0 Å². The first-order chi connectivity index (χ1) is 12.1. The molecule has 5 nitrogen and oxygen atoms in total. The lowest BCUT2D eigenvalue weighted by molar-refractivity contribution is 0.447. The van der Waals surface area contributed by atoms with Crippen molar-refractivity contribution in [2.24, 2.45) is 5.92 Å². The fraction of sp³-hybridized carbons (Fsp3) is 0.316. The molecule has 4 rings (SSSR count). The number of aromatic nitrogens is 3. The van der Waals surface area contributed by atoms with Crippen molar-refractivity contribution in [3.05, 3.63) is 41.8 Å². The van der Waals surface area contributed by atoms with Crippen LogP contribution in [0.1, 0.15) is 19.8 Å².